The Hall–Kier alpha value is -0.910. The van der Waals surface area contributed by atoms with Gasteiger partial charge >= 0.3 is 0 Å². The molecule has 0 N–H and O–H groups in total. The third-order valence-electron chi connectivity index (χ3n) is 2.78. The average Bonchev–Trinajstić information content (AvgIpc) is 2.98. The van der Waals surface area contributed by atoms with E-state index in [2.05, 4.69) is 19.9 Å². The standard InChI is InChI=1S/C11H10Cl2N4S/c12-8-4-3-7(18-8)9-14-10(13)16-11(15-9)17-5-1-2-6-17/h3-4H,1-2,5-6H2. The van der Waals surface area contributed by atoms with Crippen LogP contribution in [-0.4, -0.2) is 28.0 Å². The summed E-state index contributed by atoms with van der Waals surface area (Å²) in [5.41, 5.74) is 0. The van der Waals surface area contributed by atoms with Crippen LogP contribution in [0.2, 0.25) is 9.62 Å². The Labute approximate surface area is 119 Å². The molecule has 2 aromatic heterocycles. The predicted molar refractivity (Wildman–Crippen MR) is 74.6 cm³/mol. The molecule has 1 aliphatic heterocycles. The van der Waals surface area contributed by atoms with E-state index in [4.69, 9.17) is 23.2 Å². The number of thiophene rings is 1. The molecule has 3 rings (SSSR count). The highest BCUT2D eigenvalue weighted by Gasteiger charge is 2.17. The van der Waals surface area contributed by atoms with Crippen LogP contribution in [-0.2, 0) is 0 Å². The highest BCUT2D eigenvalue weighted by Crippen LogP contribution is 2.30. The number of nitrogens with zero attached hydrogens (tertiary/aromatic N) is 4. The Kier molecular flexibility index (Phi) is 3.37. The van der Waals surface area contributed by atoms with Crippen molar-refractivity contribution in [1.82, 2.24) is 15.0 Å². The van der Waals surface area contributed by atoms with Crippen LogP contribution in [0.25, 0.3) is 10.7 Å². The van der Waals surface area contributed by atoms with E-state index in [-0.39, 0.29) is 5.28 Å². The van der Waals surface area contributed by atoms with E-state index in [1.165, 1.54) is 24.2 Å². The summed E-state index contributed by atoms with van der Waals surface area (Å²) < 4.78 is 0.712. The Morgan fingerprint density at radius 1 is 1.06 bits per heavy atom. The molecule has 0 amide bonds. The lowest BCUT2D eigenvalue weighted by Gasteiger charge is -2.15. The Morgan fingerprint density at radius 3 is 2.50 bits per heavy atom. The first-order valence-corrected chi connectivity index (χ1v) is 7.22. The third kappa shape index (κ3) is 2.43. The molecule has 7 heteroatoms. The molecule has 1 saturated heterocycles. The molecule has 18 heavy (non-hydrogen) atoms. The van der Waals surface area contributed by atoms with Crippen LogP contribution in [0.15, 0.2) is 12.1 Å². The molecule has 0 radical (unpaired) electrons. The van der Waals surface area contributed by atoms with Crippen molar-refractivity contribution in [3.8, 4) is 10.7 Å². The lowest BCUT2D eigenvalue weighted by atomic mass is 10.4. The normalized spacial score (nSPS) is 15.3. The summed E-state index contributed by atoms with van der Waals surface area (Å²) >= 11 is 13.3. The SMILES string of the molecule is Clc1nc(-c2ccc(Cl)s2)nc(N2CCCC2)n1. The van der Waals surface area contributed by atoms with Crippen LogP contribution in [0.1, 0.15) is 12.8 Å². The minimum atomic E-state index is 0.228. The van der Waals surface area contributed by atoms with Gasteiger partial charge in [-0.1, -0.05) is 11.6 Å². The largest absolute Gasteiger partial charge is 0.341 e. The van der Waals surface area contributed by atoms with Crippen LogP contribution in [0.4, 0.5) is 5.95 Å². The molecule has 0 atom stereocenters. The minimum absolute atomic E-state index is 0.228. The molecular weight excluding hydrogens is 291 g/mol. The van der Waals surface area contributed by atoms with Gasteiger partial charge < -0.3 is 4.90 Å². The van der Waals surface area contributed by atoms with Crippen LogP contribution in [0.5, 0.6) is 0 Å². The molecule has 0 aromatic carbocycles. The molecule has 0 spiro atoms. The van der Waals surface area contributed by atoms with E-state index in [0.717, 1.165) is 18.0 Å². The molecule has 1 fully saturated rings. The van der Waals surface area contributed by atoms with Crippen molar-refractivity contribution in [3.05, 3.63) is 21.8 Å². The van der Waals surface area contributed by atoms with Crippen molar-refractivity contribution in [2.75, 3.05) is 18.0 Å². The fourth-order valence-corrected chi connectivity index (χ4v) is 3.08. The zero-order chi connectivity index (χ0) is 12.5. The van der Waals surface area contributed by atoms with Crippen LogP contribution in [0, 0.1) is 0 Å². The van der Waals surface area contributed by atoms with E-state index in [0.29, 0.717) is 16.1 Å². The molecule has 2 aromatic rings. The van der Waals surface area contributed by atoms with Crippen molar-refractivity contribution in [2.24, 2.45) is 0 Å². The van der Waals surface area contributed by atoms with Gasteiger partial charge in [-0.2, -0.15) is 15.0 Å². The highest BCUT2D eigenvalue weighted by molar-refractivity contribution is 7.19. The minimum Gasteiger partial charge on any atom is -0.341 e. The first kappa shape index (κ1) is 12.1. The monoisotopic (exact) mass is 300 g/mol. The highest BCUT2D eigenvalue weighted by atomic mass is 35.5. The lowest BCUT2D eigenvalue weighted by Crippen LogP contribution is -2.21. The smallest absolute Gasteiger partial charge is 0.230 e. The fourth-order valence-electron chi connectivity index (χ4n) is 1.94. The Morgan fingerprint density at radius 2 is 1.83 bits per heavy atom. The van der Waals surface area contributed by atoms with Gasteiger partial charge in [0.05, 0.1) is 9.21 Å². The van der Waals surface area contributed by atoms with Gasteiger partial charge in [-0.15, -0.1) is 11.3 Å². The number of aromatic nitrogens is 3. The van der Waals surface area contributed by atoms with Crippen molar-refractivity contribution in [2.45, 2.75) is 12.8 Å². The van der Waals surface area contributed by atoms with E-state index in [1.807, 2.05) is 12.1 Å². The van der Waals surface area contributed by atoms with Crippen molar-refractivity contribution in [3.63, 3.8) is 0 Å². The fraction of sp³-hybridized carbons (Fsp3) is 0.364. The summed E-state index contributed by atoms with van der Waals surface area (Å²) in [5.74, 6) is 1.25. The van der Waals surface area contributed by atoms with Gasteiger partial charge in [-0.25, -0.2) is 0 Å². The molecule has 3 heterocycles. The van der Waals surface area contributed by atoms with Crippen molar-refractivity contribution in [1.29, 1.82) is 0 Å². The summed E-state index contributed by atoms with van der Waals surface area (Å²) in [6.07, 6.45) is 2.34. The molecule has 0 bridgehead atoms. The van der Waals surface area contributed by atoms with Gasteiger partial charge in [0.25, 0.3) is 0 Å². The van der Waals surface area contributed by atoms with E-state index in [1.54, 1.807) is 0 Å². The van der Waals surface area contributed by atoms with Crippen molar-refractivity contribution >= 4 is 40.5 Å². The Balaban J connectivity index is 1.99. The summed E-state index contributed by atoms with van der Waals surface area (Å²) in [7, 11) is 0. The van der Waals surface area contributed by atoms with Crippen LogP contribution >= 0.6 is 34.5 Å². The second-order valence-corrected chi connectivity index (χ2v) is 6.08. The maximum Gasteiger partial charge on any atom is 0.230 e. The maximum absolute atomic E-state index is 5.97. The van der Waals surface area contributed by atoms with Gasteiger partial charge in [-0.05, 0) is 36.6 Å². The quantitative estimate of drug-likeness (QED) is 0.851. The lowest BCUT2D eigenvalue weighted by molar-refractivity contribution is 0.883. The molecule has 94 valence electrons. The number of halogens is 2. The van der Waals surface area contributed by atoms with Crippen molar-refractivity contribution < 1.29 is 0 Å². The molecule has 0 saturated carbocycles. The number of hydrogen-bond acceptors (Lipinski definition) is 5. The molecule has 1 aliphatic rings. The van der Waals surface area contributed by atoms with Gasteiger partial charge in [0.2, 0.25) is 11.2 Å². The second-order valence-electron chi connectivity index (χ2n) is 4.03. The molecule has 0 unspecified atom stereocenters. The molecule has 4 nitrogen and oxygen atoms in total. The first-order chi connectivity index (χ1) is 8.72. The Bertz CT molecular complexity index is 566. The summed E-state index contributed by atoms with van der Waals surface area (Å²) in [4.78, 5) is 15.9. The predicted octanol–water partition coefficient (Wildman–Crippen LogP) is 3.51. The summed E-state index contributed by atoms with van der Waals surface area (Å²) in [5, 5.41) is 0.228. The van der Waals surface area contributed by atoms with E-state index in [9.17, 15) is 0 Å². The summed E-state index contributed by atoms with van der Waals surface area (Å²) in [6, 6.07) is 3.72. The maximum atomic E-state index is 5.97. The van der Waals surface area contributed by atoms with Crippen LogP contribution in [0.3, 0.4) is 0 Å². The third-order valence-corrected chi connectivity index (χ3v) is 4.17. The van der Waals surface area contributed by atoms with E-state index >= 15 is 0 Å². The number of rotatable bonds is 2. The van der Waals surface area contributed by atoms with Crippen LogP contribution < -0.4 is 4.90 Å². The molecule has 0 aliphatic carbocycles. The van der Waals surface area contributed by atoms with Gasteiger partial charge in [-0.3, -0.25) is 0 Å². The first-order valence-electron chi connectivity index (χ1n) is 5.64. The van der Waals surface area contributed by atoms with E-state index < -0.39 is 0 Å². The average molecular weight is 301 g/mol. The van der Waals surface area contributed by atoms with Gasteiger partial charge in [0.15, 0.2) is 5.82 Å². The number of anilines is 1. The zero-order valence-corrected chi connectivity index (χ0v) is 11.8. The second kappa shape index (κ2) is 4.99. The zero-order valence-electron chi connectivity index (χ0n) is 9.44. The topological polar surface area (TPSA) is 41.9 Å². The van der Waals surface area contributed by atoms with Gasteiger partial charge in [0, 0.05) is 13.1 Å². The molecular formula is C11H10Cl2N4S. The summed E-state index contributed by atoms with van der Waals surface area (Å²) in [6.45, 7) is 1.95. The van der Waals surface area contributed by atoms with Gasteiger partial charge in [0.1, 0.15) is 0 Å². The number of hydrogen-bond donors (Lipinski definition) is 0.